The number of ether oxygens (including phenoxy) is 1. The van der Waals surface area contributed by atoms with E-state index in [0.717, 1.165) is 22.7 Å². The second-order valence-electron chi connectivity index (χ2n) is 6.48. The molecule has 30 heavy (non-hydrogen) atoms. The van der Waals surface area contributed by atoms with Crippen LogP contribution < -0.4 is 15.4 Å². The highest BCUT2D eigenvalue weighted by molar-refractivity contribution is 6.30. The molecule has 0 saturated heterocycles. The van der Waals surface area contributed by atoms with Gasteiger partial charge < -0.3 is 10.1 Å². The van der Waals surface area contributed by atoms with Crippen molar-refractivity contribution in [1.29, 1.82) is 0 Å². The Hall–Kier alpha value is -3.77. The number of hydrogen-bond acceptors (Lipinski definition) is 3. The van der Waals surface area contributed by atoms with E-state index in [2.05, 4.69) is 10.6 Å². The fourth-order valence-corrected chi connectivity index (χ4v) is 3.18. The summed E-state index contributed by atoms with van der Waals surface area (Å²) in [6, 6.07) is 25.6. The van der Waals surface area contributed by atoms with Crippen molar-refractivity contribution in [3.8, 4) is 22.7 Å². The Morgan fingerprint density at radius 2 is 1.70 bits per heavy atom. The predicted molar refractivity (Wildman–Crippen MR) is 120 cm³/mol. The van der Waals surface area contributed by atoms with E-state index in [-0.39, 0.29) is 0 Å². The Bertz CT molecular complexity index is 1160. The molecule has 7 heteroatoms. The van der Waals surface area contributed by atoms with Crippen molar-refractivity contribution in [2.24, 2.45) is 0 Å². The van der Waals surface area contributed by atoms with Crippen LogP contribution in [0.2, 0.25) is 5.02 Å². The van der Waals surface area contributed by atoms with Crippen molar-refractivity contribution in [3.05, 3.63) is 90.0 Å². The van der Waals surface area contributed by atoms with Crippen molar-refractivity contribution < 1.29 is 9.53 Å². The standard InChI is InChI=1S/C23H19ClN4O2/c1-30-20-12-10-19(11-13-20)28-22(15-21(27-28)16-6-3-2-4-7-16)26-23(29)25-18-9-5-8-17(24)14-18/h2-15H,1H3,(H2,25,26,29). The molecule has 4 rings (SSSR count). The zero-order valence-electron chi connectivity index (χ0n) is 16.2. The van der Waals surface area contributed by atoms with Crippen LogP contribution in [-0.4, -0.2) is 22.9 Å². The highest BCUT2D eigenvalue weighted by Crippen LogP contribution is 2.26. The second kappa shape index (κ2) is 8.71. The fraction of sp³-hybridized carbons (Fsp3) is 0.0435. The maximum absolute atomic E-state index is 12.6. The van der Waals surface area contributed by atoms with Gasteiger partial charge in [0.05, 0.1) is 18.5 Å². The number of halogens is 1. The molecular formula is C23H19ClN4O2. The summed E-state index contributed by atoms with van der Waals surface area (Å²) in [7, 11) is 1.61. The molecule has 3 aromatic carbocycles. The van der Waals surface area contributed by atoms with Crippen molar-refractivity contribution >= 4 is 29.1 Å². The molecule has 4 aromatic rings. The zero-order chi connectivity index (χ0) is 20.9. The molecule has 0 aliphatic rings. The first-order valence-electron chi connectivity index (χ1n) is 9.26. The van der Waals surface area contributed by atoms with E-state index in [4.69, 9.17) is 21.4 Å². The smallest absolute Gasteiger partial charge is 0.324 e. The lowest BCUT2D eigenvalue weighted by Gasteiger charge is -2.10. The number of nitrogens with one attached hydrogen (secondary N) is 2. The van der Waals surface area contributed by atoms with E-state index in [9.17, 15) is 4.79 Å². The largest absolute Gasteiger partial charge is 0.497 e. The summed E-state index contributed by atoms with van der Waals surface area (Å²) >= 11 is 5.99. The Morgan fingerprint density at radius 1 is 0.933 bits per heavy atom. The SMILES string of the molecule is COc1ccc(-n2nc(-c3ccccc3)cc2NC(=O)Nc2cccc(Cl)c2)cc1. The third kappa shape index (κ3) is 4.45. The van der Waals surface area contributed by atoms with Crippen LogP contribution in [0.4, 0.5) is 16.3 Å². The summed E-state index contributed by atoms with van der Waals surface area (Å²) in [4.78, 5) is 12.6. The molecule has 0 aliphatic carbocycles. The number of carbonyl (C=O) groups is 1. The number of anilines is 2. The third-order valence-corrected chi connectivity index (χ3v) is 4.66. The Labute approximate surface area is 179 Å². The van der Waals surface area contributed by atoms with E-state index < -0.39 is 6.03 Å². The lowest BCUT2D eigenvalue weighted by atomic mass is 10.2. The van der Waals surface area contributed by atoms with Crippen LogP contribution in [0.15, 0.2) is 84.9 Å². The van der Waals surface area contributed by atoms with Gasteiger partial charge in [-0.1, -0.05) is 48.0 Å². The van der Waals surface area contributed by atoms with Gasteiger partial charge in [0.2, 0.25) is 0 Å². The minimum absolute atomic E-state index is 0.397. The molecule has 0 bridgehead atoms. The highest BCUT2D eigenvalue weighted by atomic mass is 35.5. The Balaban J connectivity index is 1.65. The summed E-state index contributed by atoms with van der Waals surface area (Å²) in [5, 5.41) is 10.9. The van der Waals surface area contributed by atoms with E-state index in [1.54, 1.807) is 36.1 Å². The van der Waals surface area contributed by atoms with E-state index >= 15 is 0 Å². The topological polar surface area (TPSA) is 68.2 Å². The van der Waals surface area contributed by atoms with E-state index in [1.807, 2.05) is 60.7 Å². The predicted octanol–water partition coefficient (Wildman–Crippen LogP) is 5.85. The number of nitrogens with zero attached hydrogens (tertiary/aromatic N) is 2. The van der Waals surface area contributed by atoms with Gasteiger partial charge in [0.15, 0.2) is 0 Å². The van der Waals surface area contributed by atoms with Gasteiger partial charge in [0.1, 0.15) is 11.6 Å². The van der Waals surface area contributed by atoms with Crippen LogP contribution in [-0.2, 0) is 0 Å². The number of methoxy groups -OCH3 is 1. The molecule has 0 spiro atoms. The summed E-state index contributed by atoms with van der Waals surface area (Å²) < 4.78 is 6.91. The molecule has 0 atom stereocenters. The molecule has 1 aromatic heterocycles. The molecule has 0 saturated carbocycles. The summed E-state index contributed by atoms with van der Waals surface area (Å²) in [5.41, 5.74) is 3.07. The van der Waals surface area contributed by atoms with Gasteiger partial charge >= 0.3 is 6.03 Å². The molecule has 0 radical (unpaired) electrons. The van der Waals surface area contributed by atoms with Gasteiger partial charge in [0, 0.05) is 22.3 Å². The van der Waals surface area contributed by atoms with Crippen molar-refractivity contribution in [1.82, 2.24) is 9.78 Å². The van der Waals surface area contributed by atoms with Crippen LogP contribution >= 0.6 is 11.6 Å². The maximum atomic E-state index is 12.6. The average molecular weight is 419 g/mol. The molecule has 0 fully saturated rings. The van der Waals surface area contributed by atoms with E-state index in [1.165, 1.54) is 0 Å². The molecule has 0 aliphatic heterocycles. The van der Waals surface area contributed by atoms with E-state index in [0.29, 0.717) is 16.5 Å². The minimum Gasteiger partial charge on any atom is -0.497 e. The summed E-state index contributed by atoms with van der Waals surface area (Å²) in [5.74, 6) is 1.26. The quantitative estimate of drug-likeness (QED) is 0.427. The van der Waals surface area contributed by atoms with Crippen LogP contribution in [0.25, 0.3) is 16.9 Å². The molecule has 150 valence electrons. The first-order valence-corrected chi connectivity index (χ1v) is 9.64. The maximum Gasteiger partial charge on any atom is 0.324 e. The molecule has 2 N–H and O–H groups in total. The van der Waals surface area contributed by atoms with Crippen LogP contribution in [0.5, 0.6) is 5.75 Å². The van der Waals surface area contributed by atoms with Gasteiger partial charge in [0.25, 0.3) is 0 Å². The summed E-state index contributed by atoms with van der Waals surface area (Å²) in [6.45, 7) is 0. The van der Waals surface area contributed by atoms with Gasteiger partial charge in [-0.25, -0.2) is 9.48 Å². The van der Waals surface area contributed by atoms with Gasteiger partial charge in [-0.2, -0.15) is 5.10 Å². The zero-order valence-corrected chi connectivity index (χ0v) is 16.9. The fourth-order valence-electron chi connectivity index (χ4n) is 2.99. The first-order chi connectivity index (χ1) is 14.6. The van der Waals surface area contributed by atoms with Crippen molar-refractivity contribution in [2.75, 3.05) is 17.7 Å². The number of benzene rings is 3. The minimum atomic E-state index is -0.397. The Kier molecular flexibility index (Phi) is 5.68. The number of amides is 2. The second-order valence-corrected chi connectivity index (χ2v) is 6.92. The van der Waals surface area contributed by atoms with Gasteiger partial charge in [-0.15, -0.1) is 0 Å². The number of hydrogen-bond donors (Lipinski definition) is 2. The lowest BCUT2D eigenvalue weighted by Crippen LogP contribution is -2.21. The Morgan fingerprint density at radius 3 is 2.40 bits per heavy atom. The lowest BCUT2D eigenvalue weighted by molar-refractivity contribution is 0.262. The molecule has 1 heterocycles. The number of aromatic nitrogens is 2. The average Bonchev–Trinajstić information content (AvgIpc) is 3.18. The molecule has 6 nitrogen and oxygen atoms in total. The summed E-state index contributed by atoms with van der Waals surface area (Å²) in [6.07, 6.45) is 0. The monoisotopic (exact) mass is 418 g/mol. The van der Waals surface area contributed by atoms with Crippen molar-refractivity contribution in [3.63, 3.8) is 0 Å². The number of rotatable bonds is 5. The number of urea groups is 1. The van der Waals surface area contributed by atoms with Gasteiger partial charge in [-0.3, -0.25) is 5.32 Å². The van der Waals surface area contributed by atoms with Crippen LogP contribution in [0.1, 0.15) is 0 Å². The normalized spacial score (nSPS) is 10.5. The van der Waals surface area contributed by atoms with Crippen molar-refractivity contribution in [2.45, 2.75) is 0 Å². The number of carbonyl (C=O) groups excluding carboxylic acids is 1. The third-order valence-electron chi connectivity index (χ3n) is 4.42. The highest BCUT2D eigenvalue weighted by Gasteiger charge is 2.14. The molecular weight excluding hydrogens is 400 g/mol. The first kappa shape index (κ1) is 19.5. The van der Waals surface area contributed by atoms with Gasteiger partial charge in [-0.05, 0) is 42.5 Å². The molecule has 0 unspecified atom stereocenters. The van der Waals surface area contributed by atoms with Crippen LogP contribution in [0, 0.1) is 0 Å². The molecule has 2 amide bonds. The van der Waals surface area contributed by atoms with Crippen LogP contribution in [0.3, 0.4) is 0 Å².